The van der Waals surface area contributed by atoms with Crippen LogP contribution in [0, 0.1) is 0 Å². The lowest BCUT2D eigenvalue weighted by Gasteiger charge is -2.40. The summed E-state index contributed by atoms with van der Waals surface area (Å²) < 4.78 is 6.82. The molecule has 0 unspecified atom stereocenters. The molecule has 3 aromatic rings. The van der Waals surface area contributed by atoms with Crippen LogP contribution in [0.2, 0.25) is 5.02 Å². The van der Waals surface area contributed by atoms with Crippen molar-refractivity contribution >= 4 is 63.0 Å². The Morgan fingerprint density at radius 1 is 1.15 bits per heavy atom. The fourth-order valence-corrected chi connectivity index (χ4v) is 7.53. The number of benzene rings is 1. The van der Waals surface area contributed by atoms with Crippen molar-refractivity contribution < 1.29 is 29.0 Å². The Kier molecular flexibility index (Phi) is 6.97. The topological polar surface area (TPSA) is 129 Å². The van der Waals surface area contributed by atoms with Crippen molar-refractivity contribution in [2.24, 2.45) is 0 Å². The molecule has 2 N–H and O–H groups in total. The summed E-state index contributed by atoms with van der Waals surface area (Å²) in [4.78, 5) is 54.7. The van der Waals surface area contributed by atoms with E-state index in [1.807, 2.05) is 23.1 Å². The van der Waals surface area contributed by atoms with E-state index in [0.717, 1.165) is 57.7 Å². The average Bonchev–Trinajstić information content (AvgIpc) is 3.62. The Morgan fingerprint density at radius 2 is 1.90 bits per heavy atom. The number of nitrogens with zero attached hydrogens (tertiary/aromatic N) is 3. The standard InChI is InChI=1S/C27H25ClN4O4S.CH2O2/c28-15-8-19(18-4-7-29-20-10-17(37-26(18)20)13-31-22(33)2-3-23(31)34)25-21(9-15)36-14-24(35)32(25)16-11-27(30-12-16)5-1-6-27;2-1-3/h4,7-10,16,30H,1-3,5-6,11-14H2;1H,(H,2,3)/t16-;/m1./s1. The molecular formula is C28H27ClN4O6S. The Bertz CT molecular complexity index is 1520. The lowest BCUT2D eigenvalue weighted by atomic mass is 9.75. The first-order valence-corrected chi connectivity index (χ1v) is 14.3. The van der Waals surface area contributed by atoms with Gasteiger partial charge in [-0.3, -0.25) is 29.1 Å². The second kappa shape index (κ2) is 10.5. The van der Waals surface area contributed by atoms with E-state index >= 15 is 0 Å². The fraction of sp³-hybridized carbons (Fsp3) is 0.393. The molecule has 1 atom stereocenters. The van der Waals surface area contributed by atoms with Crippen LogP contribution in [0.25, 0.3) is 21.3 Å². The van der Waals surface area contributed by atoms with Gasteiger partial charge in [0.1, 0.15) is 5.75 Å². The second-order valence-corrected chi connectivity index (χ2v) is 12.1. The molecule has 1 spiro atoms. The van der Waals surface area contributed by atoms with Gasteiger partial charge in [-0.1, -0.05) is 11.6 Å². The number of fused-ring (bicyclic) bond motifs is 2. The summed E-state index contributed by atoms with van der Waals surface area (Å²) in [5, 5.41) is 11.1. The monoisotopic (exact) mass is 582 g/mol. The Balaban J connectivity index is 0.000000925. The first-order chi connectivity index (χ1) is 19.3. The van der Waals surface area contributed by atoms with Gasteiger partial charge in [0.2, 0.25) is 11.8 Å². The van der Waals surface area contributed by atoms with Crippen LogP contribution >= 0.6 is 22.9 Å². The minimum absolute atomic E-state index is 0.0108. The highest BCUT2D eigenvalue weighted by Gasteiger charge is 2.47. The van der Waals surface area contributed by atoms with Crippen LogP contribution in [-0.4, -0.2) is 63.9 Å². The number of hydrogen-bond acceptors (Lipinski definition) is 8. The minimum Gasteiger partial charge on any atom is -0.483 e. The number of hydrogen-bond donors (Lipinski definition) is 2. The lowest BCUT2D eigenvalue weighted by molar-refractivity contribution is -0.139. The number of pyridine rings is 1. The molecular weight excluding hydrogens is 556 g/mol. The molecule has 12 heteroatoms. The molecule has 5 heterocycles. The van der Waals surface area contributed by atoms with Gasteiger partial charge in [0, 0.05) is 58.2 Å². The normalized spacial score (nSPS) is 21.2. The van der Waals surface area contributed by atoms with E-state index in [2.05, 4.69) is 10.3 Å². The van der Waals surface area contributed by atoms with Crippen molar-refractivity contribution in [1.29, 1.82) is 0 Å². The maximum atomic E-state index is 13.3. The molecule has 0 radical (unpaired) electrons. The predicted octanol–water partition coefficient (Wildman–Crippen LogP) is 3.98. The third-order valence-corrected chi connectivity index (χ3v) is 9.50. The zero-order chi connectivity index (χ0) is 28.0. The second-order valence-electron chi connectivity index (χ2n) is 10.5. The number of halogens is 1. The zero-order valence-electron chi connectivity index (χ0n) is 21.5. The highest BCUT2D eigenvalue weighted by molar-refractivity contribution is 7.19. The van der Waals surface area contributed by atoms with E-state index in [-0.39, 0.29) is 61.8 Å². The average molecular weight is 583 g/mol. The summed E-state index contributed by atoms with van der Waals surface area (Å²) in [6.45, 7) is 0.735. The number of aromatic nitrogens is 1. The van der Waals surface area contributed by atoms with E-state index in [1.54, 1.807) is 12.3 Å². The molecule has 7 rings (SSSR count). The van der Waals surface area contributed by atoms with Gasteiger partial charge in [-0.25, -0.2) is 0 Å². The van der Waals surface area contributed by atoms with E-state index in [9.17, 15) is 14.4 Å². The van der Waals surface area contributed by atoms with Gasteiger partial charge >= 0.3 is 0 Å². The molecule has 10 nitrogen and oxygen atoms in total. The van der Waals surface area contributed by atoms with Crippen molar-refractivity contribution in [1.82, 2.24) is 15.2 Å². The molecule has 3 fully saturated rings. The van der Waals surface area contributed by atoms with Crippen molar-refractivity contribution in [3.8, 4) is 16.9 Å². The molecule has 40 heavy (non-hydrogen) atoms. The van der Waals surface area contributed by atoms with Gasteiger partial charge < -0.3 is 20.1 Å². The van der Waals surface area contributed by atoms with Crippen molar-refractivity contribution in [2.45, 2.75) is 56.7 Å². The largest absolute Gasteiger partial charge is 0.483 e. The number of rotatable bonds is 4. The number of ether oxygens (including phenoxy) is 1. The molecule has 4 aliphatic rings. The lowest BCUT2D eigenvalue weighted by Crippen LogP contribution is -2.47. The van der Waals surface area contributed by atoms with E-state index in [4.69, 9.17) is 26.2 Å². The van der Waals surface area contributed by atoms with Crippen LogP contribution in [0.4, 0.5) is 5.69 Å². The number of carbonyl (C=O) groups is 4. The zero-order valence-corrected chi connectivity index (χ0v) is 23.1. The number of carbonyl (C=O) groups excluding carboxylic acids is 3. The highest BCUT2D eigenvalue weighted by Crippen LogP contribution is 2.49. The quantitative estimate of drug-likeness (QED) is 0.349. The number of likely N-dealkylation sites (tertiary alicyclic amines) is 1. The van der Waals surface area contributed by atoms with E-state index in [1.165, 1.54) is 22.7 Å². The number of anilines is 1. The van der Waals surface area contributed by atoms with Gasteiger partial charge in [0.05, 0.1) is 28.5 Å². The third kappa shape index (κ3) is 4.61. The summed E-state index contributed by atoms with van der Waals surface area (Å²) in [6, 6.07) is 7.57. The Hall–Kier alpha value is -3.54. The van der Waals surface area contributed by atoms with E-state index < -0.39 is 0 Å². The Labute approximate surface area is 238 Å². The van der Waals surface area contributed by atoms with Crippen molar-refractivity contribution in [2.75, 3.05) is 18.1 Å². The van der Waals surface area contributed by atoms with Gasteiger partial charge in [0.15, 0.2) is 6.61 Å². The first kappa shape index (κ1) is 26.7. The Morgan fingerprint density at radius 3 is 2.58 bits per heavy atom. The minimum atomic E-state index is -0.250. The molecule has 3 aliphatic heterocycles. The summed E-state index contributed by atoms with van der Waals surface area (Å²) >= 11 is 8.07. The number of imide groups is 1. The van der Waals surface area contributed by atoms with Gasteiger partial charge in [-0.15, -0.1) is 11.3 Å². The van der Waals surface area contributed by atoms with Crippen LogP contribution in [0.5, 0.6) is 5.75 Å². The van der Waals surface area contributed by atoms with Crippen LogP contribution in [0.3, 0.4) is 0 Å². The first-order valence-electron chi connectivity index (χ1n) is 13.1. The van der Waals surface area contributed by atoms with E-state index in [0.29, 0.717) is 10.8 Å². The van der Waals surface area contributed by atoms with Crippen molar-refractivity contribution in [3.05, 3.63) is 40.4 Å². The number of amides is 3. The maximum absolute atomic E-state index is 13.3. The highest BCUT2D eigenvalue weighted by atomic mass is 35.5. The van der Waals surface area contributed by atoms with Crippen LogP contribution in [0.1, 0.15) is 43.4 Å². The molecule has 3 amide bonds. The maximum Gasteiger partial charge on any atom is 0.290 e. The molecule has 1 aromatic carbocycles. The van der Waals surface area contributed by atoms with Crippen molar-refractivity contribution in [3.63, 3.8) is 0 Å². The predicted molar refractivity (Wildman–Crippen MR) is 150 cm³/mol. The van der Waals surface area contributed by atoms with Gasteiger partial charge in [-0.2, -0.15) is 0 Å². The van der Waals surface area contributed by atoms with Gasteiger partial charge in [0.25, 0.3) is 12.4 Å². The number of nitrogens with one attached hydrogen (secondary N) is 1. The summed E-state index contributed by atoms with van der Waals surface area (Å²) in [5.41, 5.74) is 3.38. The van der Waals surface area contributed by atoms with Gasteiger partial charge in [-0.05, 0) is 43.9 Å². The molecule has 2 aromatic heterocycles. The number of carboxylic acid groups (broad SMARTS) is 1. The smallest absolute Gasteiger partial charge is 0.290 e. The summed E-state index contributed by atoms with van der Waals surface area (Å²) in [6.07, 6.45) is 6.71. The molecule has 0 bridgehead atoms. The molecule has 1 saturated carbocycles. The number of thiophene rings is 1. The molecule has 1 aliphatic carbocycles. The SMILES string of the molecule is O=C1CCC(=O)N1Cc1cc2nccc(-c3cc(Cl)cc4c3N([C@H]3CNC5(CCC5)C3)C(=O)CO4)c2s1.O=CO. The fourth-order valence-electron chi connectivity index (χ4n) is 6.19. The third-order valence-electron chi connectivity index (χ3n) is 8.14. The van der Waals surface area contributed by atoms with Crippen LogP contribution < -0.4 is 15.0 Å². The summed E-state index contributed by atoms with van der Waals surface area (Å²) in [5.74, 6) is 0.273. The molecule has 2 saturated heterocycles. The molecule has 208 valence electrons. The van der Waals surface area contributed by atoms with Crippen LogP contribution in [0.15, 0.2) is 30.5 Å². The van der Waals surface area contributed by atoms with Crippen LogP contribution in [-0.2, 0) is 25.7 Å². The summed E-state index contributed by atoms with van der Waals surface area (Å²) in [7, 11) is 0.